The molecule has 0 atom stereocenters. The summed E-state index contributed by atoms with van der Waals surface area (Å²) in [6.45, 7) is 0. The summed E-state index contributed by atoms with van der Waals surface area (Å²) in [7, 11) is 0. The summed E-state index contributed by atoms with van der Waals surface area (Å²) >= 11 is 3.21. The smallest absolute Gasteiger partial charge is 0.169 e. The van der Waals surface area contributed by atoms with Crippen LogP contribution in [0.15, 0.2) is 33.6 Å². The Kier molecular flexibility index (Phi) is 2.02. The van der Waals surface area contributed by atoms with Crippen molar-refractivity contribution in [1.82, 2.24) is 9.97 Å². The van der Waals surface area contributed by atoms with Crippen molar-refractivity contribution in [2.24, 2.45) is 0 Å². The van der Waals surface area contributed by atoms with Gasteiger partial charge in [0.25, 0.3) is 0 Å². The van der Waals surface area contributed by atoms with Crippen LogP contribution in [-0.4, -0.2) is 9.97 Å². The number of rotatable bonds is 1. The highest BCUT2D eigenvalue weighted by Gasteiger charge is 2.04. The molecule has 0 amide bonds. The van der Waals surface area contributed by atoms with Gasteiger partial charge in [-0.15, -0.1) is 0 Å². The molecule has 66 valence electrons. The van der Waals surface area contributed by atoms with Crippen molar-refractivity contribution in [2.45, 2.75) is 0 Å². The Morgan fingerprint density at radius 1 is 1.31 bits per heavy atom. The lowest BCUT2D eigenvalue weighted by molar-refractivity contribution is 0.553. The number of hydrogen-bond acceptors (Lipinski definition) is 4. The van der Waals surface area contributed by atoms with Crippen LogP contribution >= 0.6 is 15.9 Å². The fourth-order valence-corrected chi connectivity index (χ4v) is 1.27. The van der Waals surface area contributed by atoms with Gasteiger partial charge < -0.3 is 10.2 Å². The van der Waals surface area contributed by atoms with Crippen molar-refractivity contribution in [3.8, 4) is 11.5 Å². The zero-order valence-corrected chi connectivity index (χ0v) is 8.15. The number of nitrogens with two attached hydrogens (primary N) is 1. The van der Waals surface area contributed by atoms with Crippen molar-refractivity contribution in [3.05, 3.63) is 29.2 Å². The number of aromatic nitrogens is 2. The first-order chi connectivity index (χ1) is 6.25. The van der Waals surface area contributed by atoms with E-state index in [1.165, 1.54) is 6.33 Å². The number of halogens is 1. The van der Waals surface area contributed by atoms with E-state index in [2.05, 4.69) is 25.9 Å². The lowest BCUT2D eigenvalue weighted by Crippen LogP contribution is -1.91. The molecule has 0 radical (unpaired) electrons. The van der Waals surface area contributed by atoms with E-state index < -0.39 is 0 Å². The second kappa shape index (κ2) is 3.18. The first-order valence-corrected chi connectivity index (χ1v) is 4.38. The molecule has 0 aliphatic heterocycles. The molecule has 0 aromatic carbocycles. The number of anilines is 1. The molecule has 4 nitrogen and oxygen atoms in total. The normalized spacial score (nSPS) is 10.2. The van der Waals surface area contributed by atoms with E-state index in [0.29, 0.717) is 21.9 Å². The maximum absolute atomic E-state index is 5.50. The lowest BCUT2D eigenvalue weighted by atomic mass is 10.3. The van der Waals surface area contributed by atoms with Crippen molar-refractivity contribution < 1.29 is 4.42 Å². The van der Waals surface area contributed by atoms with E-state index in [-0.39, 0.29) is 0 Å². The topological polar surface area (TPSA) is 64.9 Å². The lowest BCUT2D eigenvalue weighted by Gasteiger charge is -1.95. The third kappa shape index (κ3) is 1.70. The summed E-state index contributed by atoms with van der Waals surface area (Å²) in [5.74, 6) is 1.10. The van der Waals surface area contributed by atoms with Gasteiger partial charge in [0, 0.05) is 6.07 Å². The molecule has 0 saturated carbocycles. The highest BCUT2D eigenvalue weighted by Crippen LogP contribution is 2.23. The summed E-state index contributed by atoms with van der Waals surface area (Å²) in [5, 5.41) is 0. The Labute approximate surface area is 82.9 Å². The van der Waals surface area contributed by atoms with Gasteiger partial charge in [-0.05, 0) is 28.1 Å². The fraction of sp³-hybridized carbons (Fsp3) is 0. The molecule has 2 N–H and O–H groups in total. The standard InChI is InChI=1S/C8H6BrN3O/c9-7-2-1-6(13-7)5-3-8(10)12-4-11-5/h1-4H,(H2,10,11,12). The zero-order chi connectivity index (χ0) is 9.26. The zero-order valence-electron chi connectivity index (χ0n) is 6.57. The highest BCUT2D eigenvalue weighted by atomic mass is 79.9. The van der Waals surface area contributed by atoms with Crippen LogP contribution in [0.4, 0.5) is 5.82 Å². The van der Waals surface area contributed by atoms with Crippen LogP contribution in [0.2, 0.25) is 0 Å². The molecule has 0 aliphatic carbocycles. The third-order valence-electron chi connectivity index (χ3n) is 1.51. The Hall–Kier alpha value is -1.36. The largest absolute Gasteiger partial charge is 0.448 e. The second-order valence-electron chi connectivity index (χ2n) is 2.43. The second-order valence-corrected chi connectivity index (χ2v) is 3.21. The van der Waals surface area contributed by atoms with Crippen molar-refractivity contribution in [2.75, 3.05) is 5.73 Å². The predicted octanol–water partition coefficient (Wildman–Crippen LogP) is 2.08. The molecule has 2 aromatic rings. The quantitative estimate of drug-likeness (QED) is 0.828. The summed E-state index contributed by atoms with van der Waals surface area (Å²) in [6, 6.07) is 5.27. The van der Waals surface area contributed by atoms with Crippen LogP contribution < -0.4 is 5.73 Å². The van der Waals surface area contributed by atoms with Gasteiger partial charge in [0.05, 0.1) is 0 Å². The summed E-state index contributed by atoms with van der Waals surface area (Å²) < 4.78 is 5.96. The molecule has 0 fully saturated rings. The van der Waals surface area contributed by atoms with E-state index in [9.17, 15) is 0 Å². The maximum atomic E-state index is 5.50. The molecule has 0 saturated heterocycles. The van der Waals surface area contributed by atoms with E-state index in [4.69, 9.17) is 10.2 Å². The molecule has 2 rings (SSSR count). The molecule has 0 aliphatic rings. The van der Waals surface area contributed by atoms with Crippen molar-refractivity contribution in [1.29, 1.82) is 0 Å². The monoisotopic (exact) mass is 239 g/mol. The first-order valence-electron chi connectivity index (χ1n) is 3.59. The SMILES string of the molecule is Nc1cc(-c2ccc(Br)o2)ncn1. The molecular weight excluding hydrogens is 234 g/mol. The van der Waals surface area contributed by atoms with E-state index in [0.717, 1.165) is 0 Å². The van der Waals surface area contributed by atoms with Gasteiger partial charge in [-0.2, -0.15) is 0 Å². The summed E-state index contributed by atoms with van der Waals surface area (Å²) in [4.78, 5) is 7.80. The molecule has 5 heteroatoms. The average Bonchev–Trinajstić information content (AvgIpc) is 2.52. The molecule has 0 spiro atoms. The van der Waals surface area contributed by atoms with Crippen LogP contribution in [0.3, 0.4) is 0 Å². The van der Waals surface area contributed by atoms with Crippen LogP contribution in [0, 0.1) is 0 Å². The van der Waals surface area contributed by atoms with Gasteiger partial charge >= 0.3 is 0 Å². The number of nitrogen functional groups attached to an aromatic ring is 1. The minimum absolute atomic E-state index is 0.428. The Balaban J connectivity index is 2.46. The van der Waals surface area contributed by atoms with Gasteiger partial charge in [0.1, 0.15) is 17.8 Å². The van der Waals surface area contributed by atoms with Crippen molar-refractivity contribution >= 4 is 21.7 Å². The van der Waals surface area contributed by atoms with Gasteiger partial charge in [-0.3, -0.25) is 0 Å². The number of hydrogen-bond donors (Lipinski definition) is 1. The van der Waals surface area contributed by atoms with E-state index in [1.54, 1.807) is 12.1 Å². The molecule has 0 unspecified atom stereocenters. The van der Waals surface area contributed by atoms with E-state index in [1.807, 2.05) is 6.07 Å². The third-order valence-corrected chi connectivity index (χ3v) is 1.94. The van der Waals surface area contributed by atoms with Crippen LogP contribution in [-0.2, 0) is 0 Å². The molecule has 0 bridgehead atoms. The van der Waals surface area contributed by atoms with Gasteiger partial charge in [0.15, 0.2) is 10.4 Å². The molecule has 13 heavy (non-hydrogen) atoms. The minimum Gasteiger partial charge on any atom is -0.448 e. The number of furan rings is 1. The van der Waals surface area contributed by atoms with Crippen LogP contribution in [0.5, 0.6) is 0 Å². The molecule has 2 heterocycles. The summed E-state index contributed by atoms with van der Waals surface area (Å²) in [5.41, 5.74) is 6.18. The number of nitrogens with zero attached hydrogens (tertiary/aromatic N) is 2. The highest BCUT2D eigenvalue weighted by molar-refractivity contribution is 9.10. The molecular formula is C8H6BrN3O. The average molecular weight is 240 g/mol. The Morgan fingerprint density at radius 2 is 2.15 bits per heavy atom. The first kappa shape index (κ1) is 8.25. The van der Waals surface area contributed by atoms with Gasteiger partial charge in [0.2, 0.25) is 0 Å². The van der Waals surface area contributed by atoms with Crippen LogP contribution in [0.1, 0.15) is 0 Å². The molecule has 2 aromatic heterocycles. The van der Waals surface area contributed by atoms with E-state index >= 15 is 0 Å². The van der Waals surface area contributed by atoms with Gasteiger partial charge in [-0.1, -0.05) is 0 Å². The van der Waals surface area contributed by atoms with Gasteiger partial charge in [-0.25, -0.2) is 9.97 Å². The fourth-order valence-electron chi connectivity index (χ4n) is 0.959. The van der Waals surface area contributed by atoms with Crippen molar-refractivity contribution in [3.63, 3.8) is 0 Å². The maximum Gasteiger partial charge on any atom is 0.169 e. The summed E-state index contributed by atoms with van der Waals surface area (Å²) in [6.07, 6.45) is 1.40. The minimum atomic E-state index is 0.428. The Morgan fingerprint density at radius 3 is 2.77 bits per heavy atom. The Bertz CT molecular complexity index is 427. The predicted molar refractivity (Wildman–Crippen MR) is 51.8 cm³/mol. The van der Waals surface area contributed by atoms with Crippen LogP contribution in [0.25, 0.3) is 11.5 Å².